The van der Waals surface area contributed by atoms with Gasteiger partial charge in [0, 0.05) is 25.6 Å². The molecule has 1 amide bonds. The van der Waals surface area contributed by atoms with Crippen molar-refractivity contribution in [2.45, 2.75) is 18.6 Å². The molecule has 2 N–H and O–H groups in total. The minimum absolute atomic E-state index is 0.0787. The summed E-state index contributed by atoms with van der Waals surface area (Å²) in [4.78, 5) is 22.8. The predicted molar refractivity (Wildman–Crippen MR) is 72.7 cm³/mol. The Bertz CT molecular complexity index is 486. The Kier molecular flexibility index (Phi) is 4.57. The van der Waals surface area contributed by atoms with E-state index in [-0.39, 0.29) is 24.0 Å². The van der Waals surface area contributed by atoms with Crippen LogP contribution in [0.15, 0.2) is 24.3 Å². The number of esters is 1. The summed E-state index contributed by atoms with van der Waals surface area (Å²) in [5.41, 5.74) is 0.580. The van der Waals surface area contributed by atoms with Crippen LogP contribution in [0, 0.1) is 0 Å². The molecule has 1 heterocycles. The van der Waals surface area contributed by atoms with E-state index in [0.29, 0.717) is 24.3 Å². The number of hydrogen-bond donors (Lipinski definition) is 2. The molecular formula is C14H18N2O4. The van der Waals surface area contributed by atoms with E-state index >= 15 is 0 Å². The van der Waals surface area contributed by atoms with Crippen molar-refractivity contribution in [1.29, 1.82) is 0 Å². The molecule has 1 aliphatic heterocycles. The number of hydrogen-bond acceptors (Lipinski definition) is 5. The van der Waals surface area contributed by atoms with E-state index in [9.17, 15) is 9.59 Å². The molecule has 0 aliphatic carbocycles. The van der Waals surface area contributed by atoms with E-state index in [1.807, 2.05) is 0 Å². The summed E-state index contributed by atoms with van der Waals surface area (Å²) in [6.45, 7) is 0.594. The van der Waals surface area contributed by atoms with Gasteiger partial charge in [-0.1, -0.05) is 0 Å². The molecule has 6 heteroatoms. The summed E-state index contributed by atoms with van der Waals surface area (Å²) < 4.78 is 10.5. The van der Waals surface area contributed by atoms with E-state index < -0.39 is 0 Å². The number of rotatable bonds is 4. The third-order valence-electron chi connectivity index (χ3n) is 3.22. The third kappa shape index (κ3) is 3.27. The maximum absolute atomic E-state index is 11.4. The SMILES string of the molecule is CNC(=O)c1ccc(O[C@H]2CN[C@H](C(=O)OC)C2)cc1. The van der Waals surface area contributed by atoms with Crippen molar-refractivity contribution in [2.24, 2.45) is 0 Å². The lowest BCUT2D eigenvalue weighted by Gasteiger charge is -2.13. The zero-order valence-corrected chi connectivity index (χ0v) is 11.5. The first kappa shape index (κ1) is 14.3. The first-order valence-corrected chi connectivity index (χ1v) is 6.44. The highest BCUT2D eigenvalue weighted by molar-refractivity contribution is 5.94. The van der Waals surface area contributed by atoms with Crippen LogP contribution in [0.4, 0.5) is 0 Å². The van der Waals surface area contributed by atoms with Gasteiger partial charge in [0.25, 0.3) is 5.91 Å². The lowest BCUT2D eigenvalue weighted by atomic mass is 10.2. The zero-order valence-electron chi connectivity index (χ0n) is 11.5. The van der Waals surface area contributed by atoms with Crippen molar-refractivity contribution < 1.29 is 19.1 Å². The van der Waals surface area contributed by atoms with Crippen LogP contribution in [0.3, 0.4) is 0 Å². The fourth-order valence-corrected chi connectivity index (χ4v) is 2.14. The van der Waals surface area contributed by atoms with Gasteiger partial charge in [-0.3, -0.25) is 9.59 Å². The van der Waals surface area contributed by atoms with Gasteiger partial charge in [0.1, 0.15) is 17.9 Å². The first-order chi connectivity index (χ1) is 9.63. The van der Waals surface area contributed by atoms with Crippen molar-refractivity contribution >= 4 is 11.9 Å². The second kappa shape index (κ2) is 6.38. The Balaban J connectivity index is 1.91. The van der Waals surface area contributed by atoms with E-state index in [2.05, 4.69) is 15.4 Å². The van der Waals surface area contributed by atoms with E-state index in [4.69, 9.17) is 4.74 Å². The number of methoxy groups -OCH3 is 1. The molecule has 0 saturated carbocycles. The van der Waals surface area contributed by atoms with Gasteiger partial charge in [0.05, 0.1) is 7.11 Å². The summed E-state index contributed by atoms with van der Waals surface area (Å²) >= 11 is 0. The summed E-state index contributed by atoms with van der Waals surface area (Å²) in [6, 6.07) is 6.59. The Morgan fingerprint density at radius 3 is 2.60 bits per heavy atom. The fourth-order valence-electron chi connectivity index (χ4n) is 2.14. The van der Waals surface area contributed by atoms with Crippen LogP contribution >= 0.6 is 0 Å². The lowest BCUT2D eigenvalue weighted by molar-refractivity contribution is -0.142. The molecule has 1 saturated heterocycles. The largest absolute Gasteiger partial charge is 0.489 e. The average Bonchev–Trinajstić information content (AvgIpc) is 2.95. The van der Waals surface area contributed by atoms with Crippen molar-refractivity contribution in [2.75, 3.05) is 20.7 Å². The Hall–Kier alpha value is -2.08. The molecule has 0 unspecified atom stereocenters. The lowest BCUT2D eigenvalue weighted by Crippen LogP contribution is -2.31. The summed E-state index contributed by atoms with van der Waals surface area (Å²) in [5.74, 6) is 0.269. The highest BCUT2D eigenvalue weighted by Gasteiger charge is 2.31. The third-order valence-corrected chi connectivity index (χ3v) is 3.22. The van der Waals surface area contributed by atoms with Gasteiger partial charge in [0.15, 0.2) is 0 Å². The van der Waals surface area contributed by atoms with E-state index in [0.717, 1.165) is 0 Å². The Labute approximate surface area is 117 Å². The highest BCUT2D eigenvalue weighted by Crippen LogP contribution is 2.18. The van der Waals surface area contributed by atoms with Gasteiger partial charge in [0.2, 0.25) is 0 Å². The number of carbonyl (C=O) groups excluding carboxylic acids is 2. The van der Waals surface area contributed by atoms with Gasteiger partial charge in [-0.2, -0.15) is 0 Å². The topological polar surface area (TPSA) is 76.7 Å². The quantitative estimate of drug-likeness (QED) is 0.776. The molecule has 1 aromatic carbocycles. The minimum Gasteiger partial charge on any atom is -0.489 e. The van der Waals surface area contributed by atoms with E-state index in [1.165, 1.54) is 7.11 Å². The average molecular weight is 278 g/mol. The minimum atomic E-state index is -0.310. The molecule has 2 rings (SSSR count). The smallest absolute Gasteiger partial charge is 0.323 e. The number of nitrogens with one attached hydrogen (secondary N) is 2. The van der Waals surface area contributed by atoms with Gasteiger partial charge in [-0.05, 0) is 24.3 Å². The van der Waals surface area contributed by atoms with Gasteiger partial charge in [-0.25, -0.2) is 0 Å². The molecule has 1 fully saturated rings. The van der Waals surface area contributed by atoms with Crippen molar-refractivity contribution in [3.05, 3.63) is 29.8 Å². The predicted octanol–water partition coefficient (Wildman–Crippen LogP) is 0.329. The molecule has 1 aromatic rings. The van der Waals surface area contributed by atoms with E-state index in [1.54, 1.807) is 31.3 Å². The molecule has 0 spiro atoms. The van der Waals surface area contributed by atoms with Crippen molar-refractivity contribution in [1.82, 2.24) is 10.6 Å². The molecular weight excluding hydrogens is 260 g/mol. The molecule has 0 aromatic heterocycles. The Morgan fingerprint density at radius 1 is 1.30 bits per heavy atom. The van der Waals surface area contributed by atoms with Crippen molar-refractivity contribution in [3.63, 3.8) is 0 Å². The number of ether oxygens (including phenoxy) is 2. The maximum atomic E-state index is 11.4. The summed E-state index contributed by atoms with van der Waals surface area (Å²) in [7, 11) is 2.96. The molecule has 6 nitrogen and oxygen atoms in total. The van der Waals surface area contributed by atoms with Crippen LogP contribution in [-0.2, 0) is 9.53 Å². The van der Waals surface area contributed by atoms with Crippen molar-refractivity contribution in [3.8, 4) is 5.75 Å². The molecule has 0 bridgehead atoms. The summed E-state index contributed by atoms with van der Waals surface area (Å²) in [6.07, 6.45) is 0.495. The molecule has 20 heavy (non-hydrogen) atoms. The normalized spacial score (nSPS) is 21.3. The van der Waals surface area contributed by atoms with Gasteiger partial charge in [-0.15, -0.1) is 0 Å². The number of carbonyl (C=O) groups is 2. The molecule has 1 aliphatic rings. The molecule has 2 atom stereocenters. The van der Waals surface area contributed by atoms with Crippen LogP contribution in [0.5, 0.6) is 5.75 Å². The highest BCUT2D eigenvalue weighted by atomic mass is 16.5. The fraction of sp³-hybridized carbons (Fsp3) is 0.429. The van der Waals surface area contributed by atoms with Gasteiger partial charge < -0.3 is 20.1 Å². The number of amides is 1. The van der Waals surface area contributed by atoms with Crippen LogP contribution in [0.2, 0.25) is 0 Å². The van der Waals surface area contributed by atoms with Crippen LogP contribution in [-0.4, -0.2) is 44.7 Å². The summed E-state index contributed by atoms with van der Waals surface area (Å²) in [5, 5.41) is 5.61. The Morgan fingerprint density at radius 2 is 2.00 bits per heavy atom. The number of benzene rings is 1. The first-order valence-electron chi connectivity index (χ1n) is 6.44. The van der Waals surface area contributed by atoms with Gasteiger partial charge >= 0.3 is 5.97 Å². The van der Waals surface area contributed by atoms with Crippen LogP contribution in [0.25, 0.3) is 0 Å². The standard InChI is InChI=1S/C14H18N2O4/c1-15-13(17)9-3-5-10(6-4-9)20-11-7-12(16-8-11)14(18)19-2/h3-6,11-12,16H,7-8H2,1-2H3,(H,15,17)/t11-,12+/m1/s1. The van der Waals surface area contributed by atoms with Crippen LogP contribution < -0.4 is 15.4 Å². The molecule has 108 valence electrons. The monoisotopic (exact) mass is 278 g/mol. The van der Waals surface area contributed by atoms with Crippen LogP contribution in [0.1, 0.15) is 16.8 Å². The maximum Gasteiger partial charge on any atom is 0.323 e. The second-order valence-corrected chi connectivity index (χ2v) is 4.56. The zero-order chi connectivity index (χ0) is 14.5. The second-order valence-electron chi connectivity index (χ2n) is 4.56. The molecule has 0 radical (unpaired) electrons.